The van der Waals surface area contributed by atoms with Crippen molar-refractivity contribution in [2.24, 2.45) is 0 Å². The van der Waals surface area contributed by atoms with Crippen molar-refractivity contribution in [3.05, 3.63) is 56.2 Å². The molecule has 1 aromatic carbocycles. The summed E-state index contributed by atoms with van der Waals surface area (Å²) < 4.78 is 5.89. The number of ether oxygens (including phenoxy) is 1. The van der Waals surface area contributed by atoms with Crippen molar-refractivity contribution in [2.75, 3.05) is 14.2 Å². The molecule has 0 atom stereocenters. The molecule has 3 nitrogen and oxygen atoms in total. The molecule has 0 aliphatic carbocycles. The van der Waals surface area contributed by atoms with Gasteiger partial charge in [0.2, 0.25) is 0 Å². The SMILES string of the molecule is COC(=O)c1cccc(CN(C)Cc2ccc(Br)s2)c1. The molecule has 106 valence electrons. The second kappa shape index (κ2) is 7.02. The van der Waals surface area contributed by atoms with Gasteiger partial charge in [0.25, 0.3) is 0 Å². The van der Waals surface area contributed by atoms with Gasteiger partial charge in [-0.15, -0.1) is 11.3 Å². The third-order valence-electron chi connectivity index (χ3n) is 2.86. The van der Waals surface area contributed by atoms with Gasteiger partial charge in [0.15, 0.2) is 0 Å². The monoisotopic (exact) mass is 353 g/mol. The summed E-state index contributed by atoms with van der Waals surface area (Å²) in [7, 11) is 3.47. The average Bonchev–Trinajstić information content (AvgIpc) is 2.83. The minimum atomic E-state index is -0.295. The summed E-state index contributed by atoms with van der Waals surface area (Å²) in [5.74, 6) is -0.295. The minimum Gasteiger partial charge on any atom is -0.465 e. The fraction of sp³-hybridized carbons (Fsp3) is 0.267. The van der Waals surface area contributed by atoms with E-state index in [1.807, 2.05) is 18.2 Å². The van der Waals surface area contributed by atoms with Gasteiger partial charge in [0.05, 0.1) is 16.5 Å². The van der Waals surface area contributed by atoms with Crippen LogP contribution in [0.5, 0.6) is 0 Å². The van der Waals surface area contributed by atoms with Crippen LogP contribution in [0.3, 0.4) is 0 Å². The second-order valence-corrected chi connectivity index (χ2v) is 7.12. The van der Waals surface area contributed by atoms with Crippen molar-refractivity contribution in [1.82, 2.24) is 4.90 Å². The maximum absolute atomic E-state index is 11.5. The number of halogens is 1. The molecule has 5 heteroatoms. The molecular weight excluding hydrogens is 338 g/mol. The van der Waals surface area contributed by atoms with E-state index in [1.54, 1.807) is 17.4 Å². The lowest BCUT2D eigenvalue weighted by molar-refractivity contribution is 0.0600. The number of carbonyl (C=O) groups is 1. The van der Waals surface area contributed by atoms with Crippen LogP contribution in [-0.2, 0) is 17.8 Å². The van der Waals surface area contributed by atoms with Crippen LogP contribution < -0.4 is 0 Å². The Labute approximate surface area is 131 Å². The van der Waals surface area contributed by atoms with Crippen LogP contribution >= 0.6 is 27.3 Å². The van der Waals surface area contributed by atoms with E-state index in [2.05, 4.69) is 40.0 Å². The Bertz CT molecular complexity index is 597. The normalized spacial score (nSPS) is 10.8. The molecule has 0 aliphatic heterocycles. The first-order valence-corrected chi connectivity index (χ1v) is 7.79. The van der Waals surface area contributed by atoms with Crippen LogP contribution in [0.1, 0.15) is 20.8 Å². The van der Waals surface area contributed by atoms with Gasteiger partial charge in [-0.1, -0.05) is 12.1 Å². The van der Waals surface area contributed by atoms with Crippen LogP contribution in [0.4, 0.5) is 0 Å². The van der Waals surface area contributed by atoms with Crippen LogP contribution in [0.25, 0.3) is 0 Å². The van der Waals surface area contributed by atoms with E-state index in [1.165, 1.54) is 12.0 Å². The van der Waals surface area contributed by atoms with E-state index in [0.29, 0.717) is 5.56 Å². The highest BCUT2D eigenvalue weighted by Crippen LogP contribution is 2.23. The average molecular weight is 354 g/mol. The van der Waals surface area contributed by atoms with Crippen LogP contribution in [0.15, 0.2) is 40.2 Å². The maximum atomic E-state index is 11.5. The van der Waals surface area contributed by atoms with E-state index in [-0.39, 0.29) is 5.97 Å². The Balaban J connectivity index is 2.00. The van der Waals surface area contributed by atoms with Crippen LogP contribution in [0.2, 0.25) is 0 Å². The number of nitrogens with zero attached hydrogens (tertiary/aromatic N) is 1. The molecule has 0 unspecified atom stereocenters. The molecule has 0 spiro atoms. The maximum Gasteiger partial charge on any atom is 0.337 e. The molecule has 0 fully saturated rings. The van der Waals surface area contributed by atoms with E-state index in [9.17, 15) is 4.79 Å². The molecule has 2 aromatic rings. The van der Waals surface area contributed by atoms with Crippen molar-refractivity contribution >= 4 is 33.2 Å². The molecule has 0 radical (unpaired) electrons. The first-order chi connectivity index (χ1) is 9.58. The quantitative estimate of drug-likeness (QED) is 0.762. The molecule has 20 heavy (non-hydrogen) atoms. The van der Waals surface area contributed by atoms with E-state index in [0.717, 1.165) is 22.4 Å². The van der Waals surface area contributed by atoms with Crippen LogP contribution in [-0.4, -0.2) is 25.0 Å². The fourth-order valence-corrected chi connectivity index (χ4v) is 3.55. The molecule has 0 bridgehead atoms. The van der Waals surface area contributed by atoms with Gasteiger partial charge in [-0.05, 0) is 52.8 Å². The predicted octanol–water partition coefficient (Wildman–Crippen LogP) is 3.93. The summed E-state index contributed by atoms with van der Waals surface area (Å²) in [5.41, 5.74) is 1.70. The third-order valence-corrected chi connectivity index (χ3v) is 4.46. The number of hydrogen-bond donors (Lipinski definition) is 0. The van der Waals surface area contributed by atoms with Crippen molar-refractivity contribution < 1.29 is 9.53 Å². The lowest BCUT2D eigenvalue weighted by Gasteiger charge is -2.16. The fourth-order valence-electron chi connectivity index (χ4n) is 1.98. The number of hydrogen-bond acceptors (Lipinski definition) is 4. The van der Waals surface area contributed by atoms with Crippen molar-refractivity contribution in [2.45, 2.75) is 13.1 Å². The Kier molecular flexibility index (Phi) is 5.34. The van der Waals surface area contributed by atoms with E-state index >= 15 is 0 Å². The number of thiophene rings is 1. The van der Waals surface area contributed by atoms with Crippen molar-refractivity contribution in [1.29, 1.82) is 0 Å². The number of carbonyl (C=O) groups excluding carboxylic acids is 1. The number of esters is 1. The van der Waals surface area contributed by atoms with Crippen molar-refractivity contribution in [3.63, 3.8) is 0 Å². The van der Waals surface area contributed by atoms with Gasteiger partial charge in [-0.2, -0.15) is 0 Å². The Hall–Kier alpha value is -1.17. The highest BCUT2D eigenvalue weighted by Gasteiger charge is 2.08. The first-order valence-electron chi connectivity index (χ1n) is 6.18. The first kappa shape index (κ1) is 15.2. The minimum absolute atomic E-state index is 0.295. The molecule has 0 saturated carbocycles. The van der Waals surface area contributed by atoms with Crippen molar-refractivity contribution in [3.8, 4) is 0 Å². The highest BCUT2D eigenvalue weighted by atomic mass is 79.9. The van der Waals surface area contributed by atoms with Gasteiger partial charge in [0.1, 0.15) is 0 Å². The molecule has 0 saturated heterocycles. The van der Waals surface area contributed by atoms with Gasteiger partial charge in [-0.3, -0.25) is 4.90 Å². The third kappa shape index (κ3) is 4.16. The summed E-state index contributed by atoms with van der Waals surface area (Å²) in [6.07, 6.45) is 0. The largest absolute Gasteiger partial charge is 0.465 e. The number of methoxy groups -OCH3 is 1. The zero-order valence-corrected chi connectivity index (χ0v) is 13.8. The summed E-state index contributed by atoms with van der Waals surface area (Å²) in [4.78, 5) is 15.0. The summed E-state index contributed by atoms with van der Waals surface area (Å²) in [6.45, 7) is 1.68. The summed E-state index contributed by atoms with van der Waals surface area (Å²) in [5, 5.41) is 0. The van der Waals surface area contributed by atoms with Gasteiger partial charge < -0.3 is 4.74 Å². The van der Waals surface area contributed by atoms with E-state index < -0.39 is 0 Å². The number of benzene rings is 1. The molecule has 2 rings (SSSR count). The second-order valence-electron chi connectivity index (χ2n) is 4.57. The number of rotatable bonds is 5. The molecule has 1 aromatic heterocycles. The van der Waals surface area contributed by atoms with Gasteiger partial charge in [-0.25, -0.2) is 4.79 Å². The highest BCUT2D eigenvalue weighted by molar-refractivity contribution is 9.11. The van der Waals surface area contributed by atoms with Gasteiger partial charge in [0, 0.05) is 18.0 Å². The summed E-state index contributed by atoms with van der Waals surface area (Å²) >= 11 is 5.21. The molecule has 0 N–H and O–H groups in total. The standard InChI is InChI=1S/C15H16BrNO2S/c1-17(10-13-6-7-14(16)20-13)9-11-4-3-5-12(8-11)15(18)19-2/h3-8H,9-10H2,1-2H3. The smallest absolute Gasteiger partial charge is 0.337 e. The van der Waals surface area contributed by atoms with E-state index in [4.69, 9.17) is 4.74 Å². The Morgan fingerprint density at radius 3 is 2.75 bits per heavy atom. The lowest BCUT2D eigenvalue weighted by Crippen LogP contribution is -2.16. The van der Waals surface area contributed by atoms with Gasteiger partial charge >= 0.3 is 5.97 Å². The van der Waals surface area contributed by atoms with Crippen LogP contribution in [0, 0.1) is 0 Å². The molecular formula is C15H16BrNO2S. The molecule has 0 amide bonds. The zero-order valence-electron chi connectivity index (χ0n) is 11.4. The Morgan fingerprint density at radius 2 is 2.10 bits per heavy atom. The predicted molar refractivity (Wildman–Crippen MR) is 85.0 cm³/mol. The molecule has 0 aliphatic rings. The zero-order chi connectivity index (χ0) is 14.5. The Morgan fingerprint density at radius 1 is 1.30 bits per heavy atom. The molecule has 1 heterocycles. The summed E-state index contributed by atoms with van der Waals surface area (Å²) in [6, 6.07) is 11.7. The lowest BCUT2D eigenvalue weighted by atomic mass is 10.1. The topological polar surface area (TPSA) is 29.5 Å².